The second-order valence-electron chi connectivity index (χ2n) is 10.00. The van der Waals surface area contributed by atoms with E-state index in [0.29, 0.717) is 12.7 Å². The maximum Gasteiger partial charge on any atom is 0.306 e. The molecule has 38 heavy (non-hydrogen) atoms. The Bertz CT molecular complexity index is 801. The second-order valence-corrected chi connectivity index (χ2v) is 10.00. The Labute approximate surface area is 225 Å². The van der Waals surface area contributed by atoms with E-state index in [2.05, 4.69) is 6.92 Å². The lowest BCUT2D eigenvalue weighted by Crippen LogP contribution is -2.10. The Morgan fingerprint density at radius 2 is 1.03 bits per heavy atom. The van der Waals surface area contributed by atoms with Crippen LogP contribution in [-0.4, -0.2) is 18.5 Å². The van der Waals surface area contributed by atoms with Gasteiger partial charge in [-0.15, -0.1) is 0 Å². The molecule has 0 unspecified atom stereocenters. The Hall–Kier alpha value is -2.12. The van der Waals surface area contributed by atoms with E-state index in [-0.39, 0.29) is 19.3 Å². The molecule has 0 radical (unpaired) electrons. The standard InChI is InChI=1S/C30H46F4O4/c1-2-3-4-5-6-7-8-9-10-11-12-13-14-15-16-17-21-37-26(35)19-18-20-27(36)38-23-24-22-25(31)29(33)30(34)28(24)32/h22H,2-21,23H2,1H3. The first kappa shape index (κ1) is 33.9. The summed E-state index contributed by atoms with van der Waals surface area (Å²) in [4.78, 5) is 23.5. The highest BCUT2D eigenvalue weighted by atomic mass is 19.2. The van der Waals surface area contributed by atoms with Gasteiger partial charge in [0.1, 0.15) is 6.61 Å². The molecule has 1 aromatic rings. The minimum atomic E-state index is -1.96. The van der Waals surface area contributed by atoms with Crippen molar-refractivity contribution >= 4 is 11.9 Å². The van der Waals surface area contributed by atoms with Gasteiger partial charge >= 0.3 is 11.9 Å². The van der Waals surface area contributed by atoms with E-state index in [1.165, 1.54) is 83.5 Å². The van der Waals surface area contributed by atoms with Crippen LogP contribution in [0.1, 0.15) is 134 Å². The minimum absolute atomic E-state index is 0.0299. The maximum atomic E-state index is 13.6. The van der Waals surface area contributed by atoms with Crippen LogP contribution >= 0.6 is 0 Å². The average molecular weight is 547 g/mol. The van der Waals surface area contributed by atoms with Crippen molar-refractivity contribution in [1.29, 1.82) is 0 Å². The summed E-state index contributed by atoms with van der Waals surface area (Å²) in [6, 6.07) is 0.442. The van der Waals surface area contributed by atoms with E-state index in [1.807, 2.05) is 0 Å². The Morgan fingerprint density at radius 1 is 0.579 bits per heavy atom. The van der Waals surface area contributed by atoms with E-state index in [1.54, 1.807) is 0 Å². The van der Waals surface area contributed by atoms with E-state index < -0.39 is 47.4 Å². The topological polar surface area (TPSA) is 52.6 Å². The third kappa shape index (κ3) is 16.0. The van der Waals surface area contributed by atoms with Crippen molar-refractivity contribution in [3.05, 3.63) is 34.9 Å². The predicted molar refractivity (Wildman–Crippen MR) is 140 cm³/mol. The number of hydrogen-bond donors (Lipinski definition) is 0. The molecular weight excluding hydrogens is 500 g/mol. The summed E-state index contributed by atoms with van der Waals surface area (Å²) in [5.41, 5.74) is -0.604. The number of rotatable bonds is 23. The van der Waals surface area contributed by atoms with Crippen LogP contribution in [0.4, 0.5) is 17.6 Å². The Balaban J connectivity index is 1.91. The summed E-state index contributed by atoms with van der Waals surface area (Å²) < 4.78 is 62.8. The fraction of sp³-hybridized carbons (Fsp3) is 0.733. The van der Waals surface area contributed by atoms with Crippen molar-refractivity contribution in [2.24, 2.45) is 0 Å². The molecule has 0 spiro atoms. The van der Waals surface area contributed by atoms with E-state index >= 15 is 0 Å². The SMILES string of the molecule is CCCCCCCCCCCCCCCCCCOC(=O)CCCC(=O)OCc1cc(F)c(F)c(F)c1F. The van der Waals surface area contributed by atoms with Crippen LogP contribution in [0.2, 0.25) is 0 Å². The lowest BCUT2D eigenvalue weighted by Gasteiger charge is -2.08. The van der Waals surface area contributed by atoms with Gasteiger partial charge in [0.25, 0.3) is 0 Å². The van der Waals surface area contributed by atoms with Crippen molar-refractivity contribution < 1.29 is 36.6 Å². The summed E-state index contributed by atoms with van der Waals surface area (Å²) in [6.07, 6.45) is 20.4. The number of carbonyl (C=O) groups excluding carboxylic acids is 2. The highest BCUT2D eigenvalue weighted by Gasteiger charge is 2.19. The smallest absolute Gasteiger partial charge is 0.306 e. The molecule has 0 aromatic heterocycles. The lowest BCUT2D eigenvalue weighted by atomic mass is 10.0. The molecular formula is C30H46F4O4. The molecule has 1 aromatic carbocycles. The molecule has 0 saturated carbocycles. The second kappa shape index (κ2) is 21.8. The Kier molecular flexibility index (Phi) is 19.4. The van der Waals surface area contributed by atoms with Gasteiger partial charge < -0.3 is 9.47 Å². The molecule has 0 atom stereocenters. The van der Waals surface area contributed by atoms with Gasteiger partial charge in [0.15, 0.2) is 23.3 Å². The highest BCUT2D eigenvalue weighted by Crippen LogP contribution is 2.20. The molecule has 0 saturated heterocycles. The van der Waals surface area contributed by atoms with Crippen LogP contribution in [-0.2, 0) is 25.7 Å². The largest absolute Gasteiger partial charge is 0.466 e. The van der Waals surface area contributed by atoms with Crippen LogP contribution in [0.5, 0.6) is 0 Å². The fourth-order valence-corrected chi connectivity index (χ4v) is 4.24. The van der Waals surface area contributed by atoms with Crippen molar-refractivity contribution in [3.63, 3.8) is 0 Å². The van der Waals surface area contributed by atoms with Crippen molar-refractivity contribution in [1.82, 2.24) is 0 Å². The van der Waals surface area contributed by atoms with Crippen molar-refractivity contribution in [3.8, 4) is 0 Å². The number of halogens is 4. The predicted octanol–water partition coefficient (Wildman–Crippen LogP) is 9.26. The van der Waals surface area contributed by atoms with Gasteiger partial charge in [-0.2, -0.15) is 0 Å². The quantitative estimate of drug-likeness (QED) is 0.0451. The summed E-state index contributed by atoms with van der Waals surface area (Å²) in [5.74, 6) is -8.22. The van der Waals surface area contributed by atoms with Crippen LogP contribution in [0.25, 0.3) is 0 Å². The van der Waals surface area contributed by atoms with Gasteiger partial charge in [-0.1, -0.05) is 103 Å². The van der Waals surface area contributed by atoms with E-state index in [0.717, 1.165) is 19.3 Å². The molecule has 1 rings (SSSR count). The first-order valence-electron chi connectivity index (χ1n) is 14.5. The minimum Gasteiger partial charge on any atom is -0.466 e. The zero-order valence-corrected chi connectivity index (χ0v) is 23.1. The first-order chi connectivity index (χ1) is 18.4. The van der Waals surface area contributed by atoms with Crippen molar-refractivity contribution in [2.45, 2.75) is 136 Å². The number of carbonyl (C=O) groups is 2. The van der Waals surface area contributed by atoms with E-state index in [4.69, 9.17) is 9.47 Å². The van der Waals surface area contributed by atoms with Gasteiger partial charge in [0.05, 0.1) is 6.61 Å². The summed E-state index contributed by atoms with van der Waals surface area (Å²) in [7, 11) is 0. The van der Waals surface area contributed by atoms with Gasteiger partial charge in [0, 0.05) is 18.4 Å². The monoisotopic (exact) mass is 546 g/mol. The summed E-state index contributed by atoms with van der Waals surface area (Å²) in [6.45, 7) is 1.87. The molecule has 0 amide bonds. The summed E-state index contributed by atoms with van der Waals surface area (Å²) >= 11 is 0. The number of benzene rings is 1. The van der Waals surface area contributed by atoms with Gasteiger partial charge in [-0.05, 0) is 18.9 Å². The molecule has 0 aliphatic rings. The molecule has 0 fully saturated rings. The third-order valence-electron chi connectivity index (χ3n) is 6.59. The number of hydrogen-bond acceptors (Lipinski definition) is 4. The Morgan fingerprint density at radius 3 is 1.53 bits per heavy atom. The van der Waals surface area contributed by atoms with Crippen LogP contribution in [0.15, 0.2) is 6.07 Å². The maximum absolute atomic E-state index is 13.6. The molecule has 4 nitrogen and oxygen atoms in total. The average Bonchev–Trinajstić information content (AvgIpc) is 2.90. The van der Waals surface area contributed by atoms with Crippen LogP contribution < -0.4 is 0 Å². The molecule has 0 aliphatic carbocycles. The van der Waals surface area contributed by atoms with Crippen LogP contribution in [0.3, 0.4) is 0 Å². The molecule has 8 heteroatoms. The molecule has 0 heterocycles. The highest BCUT2D eigenvalue weighted by molar-refractivity contribution is 5.72. The number of unbranched alkanes of at least 4 members (excludes halogenated alkanes) is 15. The molecule has 0 bridgehead atoms. The zero-order chi connectivity index (χ0) is 28.0. The molecule has 0 N–H and O–H groups in total. The summed E-state index contributed by atoms with van der Waals surface area (Å²) in [5, 5.41) is 0. The van der Waals surface area contributed by atoms with Gasteiger partial charge in [-0.25, -0.2) is 17.6 Å². The van der Waals surface area contributed by atoms with Gasteiger partial charge in [0.2, 0.25) is 0 Å². The molecule has 218 valence electrons. The van der Waals surface area contributed by atoms with Gasteiger partial charge in [-0.3, -0.25) is 9.59 Å². The lowest BCUT2D eigenvalue weighted by molar-refractivity contribution is -0.146. The third-order valence-corrected chi connectivity index (χ3v) is 6.59. The fourth-order valence-electron chi connectivity index (χ4n) is 4.24. The number of esters is 2. The zero-order valence-electron chi connectivity index (χ0n) is 23.1. The number of ether oxygens (including phenoxy) is 2. The first-order valence-corrected chi connectivity index (χ1v) is 14.5. The van der Waals surface area contributed by atoms with E-state index in [9.17, 15) is 27.2 Å². The molecule has 0 aliphatic heterocycles. The normalized spacial score (nSPS) is 11.1. The van der Waals surface area contributed by atoms with Crippen LogP contribution in [0, 0.1) is 23.3 Å². The van der Waals surface area contributed by atoms with Crippen molar-refractivity contribution in [2.75, 3.05) is 6.61 Å².